The van der Waals surface area contributed by atoms with Gasteiger partial charge in [-0.05, 0) is 25.1 Å². The Balaban J connectivity index is 2.22. The number of sulfone groups is 1. The molecule has 1 atom stereocenters. The smallest absolute Gasteiger partial charge is 0.492 e. The fourth-order valence-electron chi connectivity index (χ4n) is 1.98. The molecule has 1 aromatic rings. The number of hydrogen-bond acceptors (Lipinski definition) is 4. The molecule has 2 rings (SSSR count). The Morgan fingerprint density at radius 3 is 2.60 bits per heavy atom. The Morgan fingerprint density at radius 1 is 1.30 bits per heavy atom. The normalized spacial score (nSPS) is 20.1. The molecule has 1 aliphatic heterocycles. The van der Waals surface area contributed by atoms with Gasteiger partial charge in [0.15, 0.2) is 0 Å². The van der Waals surface area contributed by atoms with E-state index in [9.17, 15) is 21.6 Å². The van der Waals surface area contributed by atoms with E-state index in [1.807, 2.05) is 0 Å². The van der Waals surface area contributed by atoms with Gasteiger partial charge in [-0.25, -0.2) is 8.42 Å². The van der Waals surface area contributed by atoms with E-state index in [-0.39, 0.29) is 18.3 Å². The fourth-order valence-corrected chi connectivity index (χ4v) is 2.88. The fraction of sp³-hybridized carbons (Fsp3) is 0.500. The van der Waals surface area contributed by atoms with E-state index < -0.39 is 20.2 Å². The van der Waals surface area contributed by atoms with Crippen LogP contribution in [-0.2, 0) is 9.84 Å². The number of halogens is 3. The Bertz CT molecular complexity index is 566. The zero-order chi connectivity index (χ0) is 14.8. The summed E-state index contributed by atoms with van der Waals surface area (Å²) < 4.78 is 66.0. The molecule has 0 aromatic heterocycles. The number of alkyl halides is 3. The van der Waals surface area contributed by atoms with Crippen molar-refractivity contribution in [2.75, 3.05) is 19.7 Å². The van der Waals surface area contributed by atoms with Crippen LogP contribution >= 0.6 is 0 Å². The minimum absolute atomic E-state index is 0.177. The topological polar surface area (TPSA) is 55.4 Å². The minimum Gasteiger partial charge on any atom is -0.492 e. The van der Waals surface area contributed by atoms with E-state index >= 15 is 0 Å². The third kappa shape index (κ3) is 3.06. The van der Waals surface area contributed by atoms with Crippen molar-refractivity contribution < 1.29 is 26.3 Å². The summed E-state index contributed by atoms with van der Waals surface area (Å²) in [5.41, 5.74) is -5.33. The van der Waals surface area contributed by atoms with Gasteiger partial charge in [0.2, 0.25) is 0 Å². The number of ether oxygens (including phenoxy) is 1. The summed E-state index contributed by atoms with van der Waals surface area (Å²) >= 11 is 0. The van der Waals surface area contributed by atoms with Crippen molar-refractivity contribution in [2.24, 2.45) is 5.92 Å². The Labute approximate surface area is 114 Å². The maximum atomic E-state index is 12.6. The number of benzene rings is 1. The third-order valence-corrected chi connectivity index (χ3v) is 4.61. The van der Waals surface area contributed by atoms with Crippen LogP contribution < -0.4 is 10.1 Å². The lowest BCUT2D eigenvalue weighted by molar-refractivity contribution is -0.0437. The lowest BCUT2D eigenvalue weighted by Gasteiger charge is -2.15. The van der Waals surface area contributed by atoms with Crippen LogP contribution in [0.3, 0.4) is 0 Å². The second-order valence-corrected chi connectivity index (χ2v) is 6.48. The van der Waals surface area contributed by atoms with Gasteiger partial charge in [-0.15, -0.1) is 0 Å². The maximum Gasteiger partial charge on any atom is 0.502 e. The molecule has 1 heterocycles. The van der Waals surface area contributed by atoms with Crippen LogP contribution in [0.2, 0.25) is 0 Å². The highest BCUT2D eigenvalue weighted by Gasteiger charge is 2.48. The first-order valence-electron chi connectivity index (χ1n) is 6.06. The molecule has 1 aromatic carbocycles. The number of para-hydroxylation sites is 1. The van der Waals surface area contributed by atoms with Crippen LogP contribution in [0.4, 0.5) is 13.2 Å². The summed E-state index contributed by atoms with van der Waals surface area (Å²) in [6, 6.07) is 4.83. The Hall–Kier alpha value is -1.28. The predicted octanol–water partition coefficient (Wildman–Crippen LogP) is 1.97. The van der Waals surface area contributed by atoms with Crippen LogP contribution in [0.25, 0.3) is 0 Å². The molecule has 0 saturated carbocycles. The van der Waals surface area contributed by atoms with Gasteiger partial charge in [-0.3, -0.25) is 0 Å². The average Bonchev–Trinajstić information content (AvgIpc) is 2.88. The van der Waals surface area contributed by atoms with Crippen molar-refractivity contribution in [3.8, 4) is 5.75 Å². The predicted molar refractivity (Wildman–Crippen MR) is 66.2 cm³/mol. The molecule has 1 aliphatic rings. The van der Waals surface area contributed by atoms with Gasteiger partial charge in [0, 0.05) is 12.5 Å². The van der Waals surface area contributed by atoms with Gasteiger partial charge in [0.25, 0.3) is 9.84 Å². The van der Waals surface area contributed by atoms with Crippen molar-refractivity contribution in [3.63, 3.8) is 0 Å². The molecule has 0 bridgehead atoms. The molecule has 1 saturated heterocycles. The second kappa shape index (κ2) is 5.61. The third-order valence-electron chi connectivity index (χ3n) is 3.08. The van der Waals surface area contributed by atoms with E-state index in [1.54, 1.807) is 0 Å². The van der Waals surface area contributed by atoms with Crippen LogP contribution in [0.5, 0.6) is 5.75 Å². The Kier molecular flexibility index (Phi) is 4.24. The second-order valence-electron chi connectivity index (χ2n) is 4.57. The molecule has 0 radical (unpaired) electrons. The van der Waals surface area contributed by atoms with Crippen molar-refractivity contribution in [3.05, 3.63) is 24.3 Å². The van der Waals surface area contributed by atoms with Gasteiger partial charge in [0.05, 0.1) is 6.61 Å². The van der Waals surface area contributed by atoms with Crippen LogP contribution in [0.1, 0.15) is 6.42 Å². The average molecular weight is 309 g/mol. The molecule has 8 heteroatoms. The van der Waals surface area contributed by atoms with Gasteiger partial charge in [-0.2, -0.15) is 13.2 Å². The van der Waals surface area contributed by atoms with E-state index in [0.717, 1.165) is 19.0 Å². The molecule has 20 heavy (non-hydrogen) atoms. The molecule has 1 fully saturated rings. The largest absolute Gasteiger partial charge is 0.502 e. The highest BCUT2D eigenvalue weighted by atomic mass is 32.2. The number of rotatable bonds is 4. The zero-order valence-electron chi connectivity index (χ0n) is 10.5. The molecule has 4 nitrogen and oxygen atoms in total. The van der Waals surface area contributed by atoms with Gasteiger partial charge < -0.3 is 10.1 Å². The molecule has 1 unspecified atom stereocenters. The molecule has 0 amide bonds. The molecular formula is C12H14F3NO3S. The monoisotopic (exact) mass is 309 g/mol. The number of hydrogen-bond donors (Lipinski definition) is 1. The number of nitrogens with one attached hydrogen (secondary N) is 1. The summed E-state index contributed by atoms with van der Waals surface area (Å²) in [7, 11) is -5.39. The SMILES string of the molecule is O=S(=O)(c1ccccc1OCC1CCNC1)C(F)(F)F. The van der Waals surface area contributed by atoms with E-state index in [2.05, 4.69) is 5.32 Å². The minimum atomic E-state index is -5.39. The Morgan fingerprint density at radius 2 is 2.00 bits per heavy atom. The summed E-state index contributed by atoms with van der Waals surface area (Å²) in [5.74, 6) is -0.0756. The maximum absolute atomic E-state index is 12.6. The van der Waals surface area contributed by atoms with E-state index in [1.165, 1.54) is 18.2 Å². The summed E-state index contributed by atoms with van der Waals surface area (Å²) in [6.07, 6.45) is 0.855. The van der Waals surface area contributed by atoms with Gasteiger partial charge in [-0.1, -0.05) is 12.1 Å². The zero-order valence-corrected chi connectivity index (χ0v) is 11.3. The first-order chi connectivity index (χ1) is 9.32. The summed E-state index contributed by atoms with van der Waals surface area (Å²) in [4.78, 5) is -0.835. The van der Waals surface area contributed by atoms with Gasteiger partial charge in [0.1, 0.15) is 10.6 Å². The van der Waals surface area contributed by atoms with E-state index in [0.29, 0.717) is 6.54 Å². The standard InChI is InChI=1S/C12H14F3NO3S/c13-12(14,15)20(17,18)11-4-2-1-3-10(11)19-8-9-5-6-16-7-9/h1-4,9,16H,5-8H2. The first-order valence-corrected chi connectivity index (χ1v) is 7.54. The summed E-state index contributed by atoms with van der Waals surface area (Å²) in [6.45, 7) is 1.74. The lowest BCUT2D eigenvalue weighted by Crippen LogP contribution is -2.24. The molecule has 1 N–H and O–H groups in total. The van der Waals surface area contributed by atoms with Crippen LogP contribution in [0.15, 0.2) is 29.2 Å². The van der Waals surface area contributed by atoms with Crippen molar-refractivity contribution in [2.45, 2.75) is 16.8 Å². The summed E-state index contributed by atoms with van der Waals surface area (Å²) in [5, 5.41) is 3.10. The molecular weight excluding hydrogens is 295 g/mol. The lowest BCUT2D eigenvalue weighted by atomic mass is 10.1. The van der Waals surface area contributed by atoms with Crippen LogP contribution in [-0.4, -0.2) is 33.6 Å². The van der Waals surface area contributed by atoms with Crippen molar-refractivity contribution >= 4 is 9.84 Å². The van der Waals surface area contributed by atoms with Gasteiger partial charge >= 0.3 is 5.51 Å². The van der Waals surface area contributed by atoms with Crippen LogP contribution in [0, 0.1) is 5.92 Å². The van der Waals surface area contributed by atoms with E-state index in [4.69, 9.17) is 4.74 Å². The quantitative estimate of drug-likeness (QED) is 0.924. The highest BCUT2D eigenvalue weighted by molar-refractivity contribution is 7.92. The first kappa shape index (κ1) is 15.1. The molecule has 0 aliphatic carbocycles. The van der Waals surface area contributed by atoms with Crippen molar-refractivity contribution in [1.82, 2.24) is 5.32 Å². The highest BCUT2D eigenvalue weighted by Crippen LogP contribution is 2.35. The molecule has 0 spiro atoms. The van der Waals surface area contributed by atoms with Crippen molar-refractivity contribution in [1.29, 1.82) is 0 Å². The molecule has 112 valence electrons.